The van der Waals surface area contributed by atoms with Crippen LogP contribution < -0.4 is 14.5 Å². The van der Waals surface area contributed by atoms with Crippen LogP contribution in [0.2, 0.25) is 0 Å². The van der Waals surface area contributed by atoms with Gasteiger partial charge in [-0.2, -0.15) is 15.2 Å². The minimum atomic E-state index is -0.887. The van der Waals surface area contributed by atoms with Crippen LogP contribution in [0.3, 0.4) is 0 Å². The van der Waals surface area contributed by atoms with Gasteiger partial charge >= 0.3 is 6.01 Å². The second kappa shape index (κ2) is 11.5. The van der Waals surface area contributed by atoms with E-state index in [1.54, 1.807) is 15.9 Å². The van der Waals surface area contributed by atoms with Gasteiger partial charge in [0.2, 0.25) is 5.91 Å². The van der Waals surface area contributed by atoms with E-state index in [0.717, 1.165) is 31.0 Å². The first-order valence-electron chi connectivity index (χ1n) is 13.4. The van der Waals surface area contributed by atoms with Gasteiger partial charge in [0.1, 0.15) is 12.4 Å². The van der Waals surface area contributed by atoms with E-state index in [1.165, 1.54) is 12.1 Å². The number of likely N-dealkylation sites (N-methyl/N-ethyl adjacent to an activating group) is 1. The molecule has 0 aliphatic carbocycles. The van der Waals surface area contributed by atoms with Crippen molar-refractivity contribution in [3.63, 3.8) is 0 Å². The molecule has 11 heteroatoms. The molecule has 3 aliphatic heterocycles. The van der Waals surface area contributed by atoms with Crippen LogP contribution in [-0.2, 0) is 17.8 Å². The van der Waals surface area contributed by atoms with E-state index in [4.69, 9.17) is 14.7 Å². The average Bonchev–Trinajstić information content (AvgIpc) is 3.36. The fourth-order valence-electron chi connectivity index (χ4n) is 5.75. The number of anilines is 2. The molecule has 39 heavy (non-hydrogen) atoms. The van der Waals surface area contributed by atoms with Gasteiger partial charge in [-0.1, -0.05) is 12.6 Å². The summed E-state index contributed by atoms with van der Waals surface area (Å²) in [5, 5.41) is 9.41. The fourth-order valence-corrected chi connectivity index (χ4v) is 5.75. The highest BCUT2D eigenvalue weighted by Crippen LogP contribution is 2.33. The van der Waals surface area contributed by atoms with E-state index in [-0.39, 0.29) is 42.7 Å². The topological polar surface area (TPSA) is 88.8 Å². The Morgan fingerprint density at radius 2 is 2.05 bits per heavy atom. The van der Waals surface area contributed by atoms with Crippen molar-refractivity contribution in [3.05, 3.63) is 53.7 Å². The summed E-state index contributed by atoms with van der Waals surface area (Å²) in [6, 6.07) is 6.58. The second-order valence-corrected chi connectivity index (χ2v) is 10.3. The average molecular weight is 538 g/mol. The van der Waals surface area contributed by atoms with Crippen LogP contribution in [0.25, 0.3) is 0 Å². The Hall–Kier alpha value is -3.78. The molecule has 2 fully saturated rings. The van der Waals surface area contributed by atoms with E-state index in [0.29, 0.717) is 50.7 Å². The third-order valence-corrected chi connectivity index (χ3v) is 7.94. The van der Waals surface area contributed by atoms with Gasteiger partial charge in [-0.15, -0.1) is 0 Å². The van der Waals surface area contributed by atoms with Gasteiger partial charge in [-0.05, 0) is 51.1 Å². The summed E-state index contributed by atoms with van der Waals surface area (Å²) in [6.07, 6.45) is 4.14. The molecule has 0 radical (unpaired) electrons. The van der Waals surface area contributed by atoms with Gasteiger partial charge in [-0.25, -0.2) is 8.78 Å². The third kappa shape index (κ3) is 5.52. The predicted octanol–water partition coefficient (Wildman–Crippen LogP) is 2.91. The number of ether oxygens (including phenoxy) is 1. The van der Waals surface area contributed by atoms with Crippen molar-refractivity contribution in [2.75, 3.05) is 56.2 Å². The van der Waals surface area contributed by atoms with Gasteiger partial charge in [0.25, 0.3) is 0 Å². The van der Waals surface area contributed by atoms with E-state index in [2.05, 4.69) is 29.5 Å². The normalized spacial score (nSPS) is 21.4. The Balaban J connectivity index is 1.46. The zero-order valence-corrected chi connectivity index (χ0v) is 22.2. The van der Waals surface area contributed by atoms with Crippen LogP contribution in [0.15, 0.2) is 30.9 Å². The third-order valence-electron chi connectivity index (χ3n) is 7.94. The number of piperazine rings is 1. The van der Waals surface area contributed by atoms with E-state index < -0.39 is 11.6 Å². The first kappa shape index (κ1) is 26.8. The molecule has 206 valence electrons. The summed E-state index contributed by atoms with van der Waals surface area (Å²) >= 11 is 0. The van der Waals surface area contributed by atoms with Crippen molar-refractivity contribution in [1.82, 2.24) is 19.8 Å². The van der Waals surface area contributed by atoms with Crippen LogP contribution in [0.5, 0.6) is 6.01 Å². The largest absolute Gasteiger partial charge is 0.462 e. The molecule has 2 aromatic rings. The zero-order valence-electron chi connectivity index (χ0n) is 22.2. The molecule has 0 N–H and O–H groups in total. The van der Waals surface area contributed by atoms with Crippen molar-refractivity contribution in [1.29, 1.82) is 5.26 Å². The Bertz CT molecular complexity index is 1280. The van der Waals surface area contributed by atoms with E-state index >= 15 is 0 Å². The molecule has 2 unspecified atom stereocenters. The number of carbonyl (C=O) groups excluding carboxylic acids is 1. The highest BCUT2D eigenvalue weighted by atomic mass is 19.2. The lowest BCUT2D eigenvalue weighted by molar-refractivity contribution is -0.128. The number of hydrogen-bond donors (Lipinski definition) is 0. The summed E-state index contributed by atoms with van der Waals surface area (Å²) < 4.78 is 34.7. The van der Waals surface area contributed by atoms with Crippen LogP contribution in [0.1, 0.15) is 30.5 Å². The quantitative estimate of drug-likeness (QED) is 0.499. The van der Waals surface area contributed by atoms with Crippen LogP contribution in [-0.4, -0.2) is 84.1 Å². The number of aromatic nitrogens is 2. The van der Waals surface area contributed by atoms with Crippen LogP contribution in [0, 0.1) is 23.0 Å². The molecule has 1 amide bonds. The number of benzene rings is 1. The smallest absolute Gasteiger partial charge is 0.318 e. The summed E-state index contributed by atoms with van der Waals surface area (Å²) in [4.78, 5) is 29.8. The molecular weight excluding hydrogens is 504 g/mol. The molecule has 2 atom stereocenters. The number of carbonyl (C=O) groups is 1. The number of nitrogens with zero attached hydrogens (tertiary/aromatic N) is 7. The van der Waals surface area contributed by atoms with Gasteiger partial charge in [-0.3, -0.25) is 4.79 Å². The summed E-state index contributed by atoms with van der Waals surface area (Å²) in [5.41, 5.74) is 1.82. The minimum absolute atomic E-state index is 0.188. The highest BCUT2D eigenvalue weighted by Gasteiger charge is 2.34. The fraction of sp³-hybridized carbons (Fsp3) is 0.500. The maximum absolute atomic E-state index is 14.6. The standard InChI is InChI=1S/C28H33F2N7O2/c1-3-25(38)37-15-14-36(16-19(37)9-11-31)27-21-10-13-35(24-8-4-7-22(29)26(24)30)17-23(21)32-28(33-27)39-18-20-6-5-12-34(20)2/h3-4,7-8,19-20H,1,5-6,9-10,12-18H2,2H3. The number of rotatable bonds is 7. The predicted molar refractivity (Wildman–Crippen MR) is 142 cm³/mol. The highest BCUT2D eigenvalue weighted by molar-refractivity contribution is 5.87. The lowest BCUT2D eigenvalue weighted by atomic mass is 10.0. The maximum atomic E-state index is 14.6. The van der Waals surface area contributed by atoms with Crippen molar-refractivity contribution in [2.24, 2.45) is 0 Å². The molecule has 3 aliphatic rings. The number of fused-ring (bicyclic) bond motifs is 1. The maximum Gasteiger partial charge on any atom is 0.318 e. The number of hydrogen-bond acceptors (Lipinski definition) is 8. The van der Waals surface area contributed by atoms with Gasteiger partial charge in [0.15, 0.2) is 11.6 Å². The first-order chi connectivity index (χ1) is 18.9. The summed E-state index contributed by atoms with van der Waals surface area (Å²) in [6.45, 7) is 7.21. The Labute approximate surface area is 227 Å². The van der Waals surface area contributed by atoms with Crippen molar-refractivity contribution in [2.45, 2.75) is 44.3 Å². The van der Waals surface area contributed by atoms with Crippen LogP contribution >= 0.6 is 0 Å². The Kier molecular flexibility index (Phi) is 7.93. The zero-order chi connectivity index (χ0) is 27.5. The Morgan fingerprint density at radius 3 is 2.79 bits per heavy atom. The van der Waals surface area contributed by atoms with Gasteiger partial charge < -0.3 is 24.3 Å². The van der Waals surface area contributed by atoms with E-state index in [9.17, 15) is 18.8 Å². The minimum Gasteiger partial charge on any atom is -0.462 e. The molecule has 9 nitrogen and oxygen atoms in total. The van der Waals surface area contributed by atoms with Crippen molar-refractivity contribution < 1.29 is 18.3 Å². The summed E-state index contributed by atoms with van der Waals surface area (Å²) in [5.74, 6) is -1.25. The Morgan fingerprint density at radius 1 is 1.21 bits per heavy atom. The summed E-state index contributed by atoms with van der Waals surface area (Å²) in [7, 11) is 2.07. The molecule has 1 aromatic heterocycles. The number of likely N-dealkylation sites (tertiary alicyclic amines) is 1. The molecule has 0 spiro atoms. The molecule has 0 bridgehead atoms. The lowest BCUT2D eigenvalue weighted by Crippen LogP contribution is -2.55. The van der Waals surface area contributed by atoms with Gasteiger partial charge in [0.05, 0.1) is 36.5 Å². The SMILES string of the molecule is C=CC(=O)N1CCN(c2nc(OCC3CCCN3C)nc3c2CCN(c2cccc(F)c2F)C3)CC1CC#N. The molecule has 5 rings (SSSR count). The second-order valence-electron chi connectivity index (χ2n) is 10.3. The number of amides is 1. The van der Waals surface area contributed by atoms with Crippen LogP contribution in [0.4, 0.5) is 20.3 Å². The van der Waals surface area contributed by atoms with Crippen molar-refractivity contribution >= 4 is 17.4 Å². The molecule has 4 heterocycles. The first-order valence-corrected chi connectivity index (χ1v) is 13.4. The molecule has 2 saturated heterocycles. The monoisotopic (exact) mass is 537 g/mol. The number of halogens is 2. The van der Waals surface area contributed by atoms with Crippen molar-refractivity contribution in [3.8, 4) is 12.1 Å². The van der Waals surface area contributed by atoms with E-state index in [1.807, 2.05) is 0 Å². The molecule has 1 aromatic carbocycles. The molecule has 0 saturated carbocycles. The lowest BCUT2D eigenvalue weighted by Gasteiger charge is -2.42. The number of nitriles is 1. The molecular formula is C28H33F2N7O2. The van der Waals surface area contributed by atoms with Gasteiger partial charge in [0, 0.05) is 37.8 Å².